The van der Waals surface area contributed by atoms with Crippen LogP contribution in [0, 0.1) is 0 Å². The second kappa shape index (κ2) is 10.2. The first-order valence-electron chi connectivity index (χ1n) is 8.22. The minimum absolute atomic E-state index is 0.0256. The van der Waals surface area contributed by atoms with Gasteiger partial charge in [-0.15, -0.1) is 0 Å². The standard InChI is InChI=1S/C19H25O7P/c1-13(2)16-9-7-8-10-17(16)27(22,25-11-23-18(20)14(3)4)26-12-24-19(21)15(5)6/h7-10,13H,3,5,11-12H2,1-2,4,6H3. The number of ether oxygens (including phenoxy) is 2. The van der Waals surface area contributed by atoms with Gasteiger partial charge in [-0.05, 0) is 31.4 Å². The van der Waals surface area contributed by atoms with Gasteiger partial charge < -0.3 is 9.47 Å². The molecule has 8 heteroatoms. The molecule has 1 aromatic rings. The molecular weight excluding hydrogens is 371 g/mol. The summed E-state index contributed by atoms with van der Waals surface area (Å²) in [6.07, 6.45) is 0. The Morgan fingerprint density at radius 2 is 1.41 bits per heavy atom. The molecule has 148 valence electrons. The molecule has 0 saturated carbocycles. The van der Waals surface area contributed by atoms with Crippen molar-refractivity contribution < 1.29 is 32.7 Å². The predicted octanol–water partition coefficient (Wildman–Crippen LogP) is 3.82. The predicted molar refractivity (Wildman–Crippen MR) is 101 cm³/mol. The van der Waals surface area contributed by atoms with Crippen LogP contribution in [0.1, 0.15) is 39.2 Å². The van der Waals surface area contributed by atoms with E-state index in [2.05, 4.69) is 13.2 Å². The average Bonchev–Trinajstić information content (AvgIpc) is 2.61. The molecule has 1 rings (SSSR count). The summed E-state index contributed by atoms with van der Waals surface area (Å²) in [5.41, 5.74) is 1.08. The normalized spacial score (nSPS) is 11.1. The van der Waals surface area contributed by atoms with Crippen molar-refractivity contribution in [3.8, 4) is 0 Å². The van der Waals surface area contributed by atoms with E-state index < -0.39 is 33.1 Å². The van der Waals surface area contributed by atoms with Crippen LogP contribution in [0.4, 0.5) is 0 Å². The molecule has 27 heavy (non-hydrogen) atoms. The van der Waals surface area contributed by atoms with Gasteiger partial charge in [0, 0.05) is 11.1 Å². The van der Waals surface area contributed by atoms with Crippen LogP contribution in [-0.2, 0) is 32.7 Å². The lowest BCUT2D eigenvalue weighted by molar-refractivity contribution is -0.147. The summed E-state index contributed by atoms with van der Waals surface area (Å²) in [5, 5.41) is 0.303. The van der Waals surface area contributed by atoms with Gasteiger partial charge in [0.1, 0.15) is 0 Å². The fraction of sp³-hybridized carbons (Fsp3) is 0.368. The number of carbonyl (C=O) groups is 2. The summed E-state index contributed by atoms with van der Waals surface area (Å²) in [6, 6.07) is 6.86. The van der Waals surface area contributed by atoms with E-state index in [0.29, 0.717) is 5.30 Å². The minimum Gasteiger partial charge on any atom is -0.435 e. The van der Waals surface area contributed by atoms with Crippen molar-refractivity contribution in [1.82, 2.24) is 0 Å². The number of hydrogen-bond donors (Lipinski definition) is 0. The highest BCUT2D eigenvalue weighted by molar-refractivity contribution is 7.62. The lowest BCUT2D eigenvalue weighted by atomic mass is 10.0. The summed E-state index contributed by atoms with van der Waals surface area (Å²) < 4.78 is 33.7. The molecule has 0 unspecified atom stereocenters. The number of carbonyl (C=O) groups excluding carboxylic acids is 2. The van der Waals surface area contributed by atoms with Crippen molar-refractivity contribution in [2.45, 2.75) is 33.6 Å². The average molecular weight is 396 g/mol. The molecule has 0 aliphatic heterocycles. The largest absolute Gasteiger partial charge is 0.435 e. The summed E-state index contributed by atoms with van der Waals surface area (Å²) in [6.45, 7) is 12.5. The van der Waals surface area contributed by atoms with Gasteiger partial charge in [0.15, 0.2) is 0 Å². The summed E-state index contributed by atoms with van der Waals surface area (Å²) in [4.78, 5) is 23.0. The third-order valence-corrected chi connectivity index (χ3v) is 5.26. The van der Waals surface area contributed by atoms with E-state index in [4.69, 9.17) is 18.5 Å². The molecule has 0 aliphatic carbocycles. The Bertz CT molecular complexity index is 731. The first-order valence-corrected chi connectivity index (χ1v) is 9.76. The zero-order valence-corrected chi connectivity index (χ0v) is 16.9. The van der Waals surface area contributed by atoms with Gasteiger partial charge >= 0.3 is 19.5 Å². The van der Waals surface area contributed by atoms with Crippen molar-refractivity contribution in [2.24, 2.45) is 0 Å². The third kappa shape index (κ3) is 6.79. The van der Waals surface area contributed by atoms with E-state index in [0.717, 1.165) is 5.56 Å². The molecule has 0 N–H and O–H groups in total. The second-order valence-corrected chi connectivity index (χ2v) is 8.12. The molecule has 0 heterocycles. The lowest BCUT2D eigenvalue weighted by Gasteiger charge is -2.22. The quantitative estimate of drug-likeness (QED) is 0.257. The molecule has 0 aliphatic rings. The summed E-state index contributed by atoms with van der Waals surface area (Å²) in [5.74, 6) is -1.35. The van der Waals surface area contributed by atoms with Crippen LogP contribution in [-0.4, -0.2) is 25.5 Å². The Labute approximate surface area is 159 Å². The molecule has 0 atom stereocenters. The zero-order chi connectivity index (χ0) is 20.6. The molecule has 0 aromatic heterocycles. The maximum absolute atomic E-state index is 13.4. The monoisotopic (exact) mass is 396 g/mol. The molecule has 0 spiro atoms. The van der Waals surface area contributed by atoms with Crippen molar-refractivity contribution in [1.29, 1.82) is 0 Å². The van der Waals surface area contributed by atoms with Crippen LogP contribution < -0.4 is 5.30 Å². The highest BCUT2D eigenvalue weighted by Gasteiger charge is 2.32. The summed E-state index contributed by atoms with van der Waals surface area (Å²) in [7, 11) is -3.95. The Kier molecular flexibility index (Phi) is 8.63. The topological polar surface area (TPSA) is 88.1 Å². The van der Waals surface area contributed by atoms with Crippen LogP contribution in [0.5, 0.6) is 0 Å². The Morgan fingerprint density at radius 3 is 1.81 bits per heavy atom. The molecule has 0 amide bonds. The maximum Gasteiger partial charge on any atom is 0.367 e. The van der Waals surface area contributed by atoms with Crippen molar-refractivity contribution in [3.05, 3.63) is 54.1 Å². The molecule has 0 bridgehead atoms. The fourth-order valence-electron chi connectivity index (χ4n) is 1.95. The van der Waals surface area contributed by atoms with Crippen LogP contribution >= 0.6 is 7.60 Å². The highest BCUT2D eigenvalue weighted by atomic mass is 31.2. The van der Waals surface area contributed by atoms with Crippen LogP contribution in [0.3, 0.4) is 0 Å². The number of rotatable bonds is 10. The molecule has 1 aromatic carbocycles. The van der Waals surface area contributed by atoms with Crippen molar-refractivity contribution >= 4 is 24.8 Å². The van der Waals surface area contributed by atoms with E-state index in [1.165, 1.54) is 13.8 Å². The molecule has 0 fully saturated rings. The Balaban J connectivity index is 3.03. The smallest absolute Gasteiger partial charge is 0.367 e. The van der Waals surface area contributed by atoms with Crippen LogP contribution in [0.2, 0.25) is 0 Å². The van der Waals surface area contributed by atoms with Crippen LogP contribution in [0.15, 0.2) is 48.6 Å². The summed E-state index contributed by atoms with van der Waals surface area (Å²) >= 11 is 0. The number of esters is 2. The third-order valence-electron chi connectivity index (χ3n) is 3.38. The molecule has 7 nitrogen and oxygen atoms in total. The Hall–Kier alpha value is -2.21. The fourth-order valence-corrected chi connectivity index (χ4v) is 3.60. The lowest BCUT2D eigenvalue weighted by Crippen LogP contribution is -2.20. The van der Waals surface area contributed by atoms with Gasteiger partial charge in [-0.2, -0.15) is 0 Å². The number of hydrogen-bond acceptors (Lipinski definition) is 7. The van der Waals surface area contributed by atoms with E-state index in [-0.39, 0.29) is 17.1 Å². The van der Waals surface area contributed by atoms with Crippen molar-refractivity contribution in [3.63, 3.8) is 0 Å². The van der Waals surface area contributed by atoms with Gasteiger partial charge in [0.25, 0.3) is 0 Å². The second-order valence-electron chi connectivity index (χ2n) is 6.13. The van der Waals surface area contributed by atoms with E-state index in [9.17, 15) is 14.2 Å². The minimum atomic E-state index is -3.95. The van der Waals surface area contributed by atoms with Gasteiger partial charge in [0.05, 0.1) is 5.30 Å². The maximum atomic E-state index is 13.4. The van der Waals surface area contributed by atoms with Crippen molar-refractivity contribution in [2.75, 3.05) is 13.6 Å². The number of benzene rings is 1. The van der Waals surface area contributed by atoms with Crippen LogP contribution in [0.25, 0.3) is 0 Å². The van der Waals surface area contributed by atoms with Gasteiger partial charge in [0.2, 0.25) is 13.6 Å². The highest BCUT2D eigenvalue weighted by Crippen LogP contribution is 2.48. The first kappa shape index (κ1) is 22.8. The van der Waals surface area contributed by atoms with E-state index in [1.54, 1.807) is 24.3 Å². The first-order chi connectivity index (χ1) is 12.6. The van der Waals surface area contributed by atoms with Gasteiger partial charge in [-0.1, -0.05) is 45.2 Å². The van der Waals surface area contributed by atoms with Gasteiger partial charge in [-0.25, -0.2) is 9.59 Å². The zero-order valence-electron chi connectivity index (χ0n) is 16.0. The van der Waals surface area contributed by atoms with E-state index >= 15 is 0 Å². The Morgan fingerprint density at radius 1 is 0.963 bits per heavy atom. The molecule has 0 saturated heterocycles. The SMILES string of the molecule is C=C(C)C(=O)OCOP(=O)(OCOC(=O)C(=C)C)c1ccccc1C(C)C. The molecular formula is C19H25O7P. The van der Waals surface area contributed by atoms with E-state index in [1.807, 2.05) is 13.8 Å². The van der Waals surface area contributed by atoms with Gasteiger partial charge in [-0.3, -0.25) is 13.6 Å². The molecule has 0 radical (unpaired) electrons.